The van der Waals surface area contributed by atoms with E-state index in [2.05, 4.69) is 0 Å². The van der Waals surface area contributed by atoms with Crippen molar-refractivity contribution in [1.29, 1.82) is 0 Å². The molecule has 7 heteroatoms. The highest BCUT2D eigenvalue weighted by molar-refractivity contribution is 5.89. The molecule has 1 saturated heterocycles. The van der Waals surface area contributed by atoms with Gasteiger partial charge in [-0.3, -0.25) is 0 Å². The summed E-state index contributed by atoms with van der Waals surface area (Å²) < 4.78 is 32.3. The number of hydrogen-bond donors (Lipinski definition) is 1. The lowest BCUT2D eigenvalue weighted by Gasteiger charge is -2.34. The molecule has 1 unspecified atom stereocenters. The molecule has 2 rings (SSSR count). The lowest BCUT2D eigenvalue weighted by molar-refractivity contribution is 0.0198. The van der Waals surface area contributed by atoms with E-state index in [0.29, 0.717) is 25.5 Å². The van der Waals surface area contributed by atoms with Crippen LogP contribution in [0.3, 0.4) is 0 Å². The molecule has 1 aromatic carbocycles. The monoisotopic (exact) mass is 341 g/mol. The number of piperidine rings is 1. The molecule has 0 spiro atoms. The SMILES string of the molecule is CC(C)(C)OC(=O)N1CCCC(c2cc(F)c(F)cc2C(=O)O)C1. The summed E-state index contributed by atoms with van der Waals surface area (Å²) in [6.45, 7) is 5.95. The highest BCUT2D eigenvalue weighted by Crippen LogP contribution is 2.31. The third-order valence-electron chi connectivity index (χ3n) is 3.84. The number of nitrogens with zero attached hydrogens (tertiary/aromatic N) is 1. The number of amides is 1. The van der Waals surface area contributed by atoms with E-state index in [1.807, 2.05) is 0 Å². The average molecular weight is 341 g/mol. The lowest BCUT2D eigenvalue weighted by Crippen LogP contribution is -2.42. The van der Waals surface area contributed by atoms with Gasteiger partial charge in [0.25, 0.3) is 0 Å². The van der Waals surface area contributed by atoms with E-state index in [9.17, 15) is 23.5 Å². The number of halogens is 2. The number of aromatic carboxylic acids is 1. The summed E-state index contributed by atoms with van der Waals surface area (Å²) in [5.74, 6) is -3.99. The number of carboxylic acids is 1. The van der Waals surface area contributed by atoms with Crippen LogP contribution in [0.4, 0.5) is 13.6 Å². The number of ether oxygens (including phenoxy) is 1. The van der Waals surface area contributed by atoms with Crippen LogP contribution in [0.15, 0.2) is 12.1 Å². The first-order valence-electron chi connectivity index (χ1n) is 7.78. The molecule has 5 nitrogen and oxygen atoms in total. The first-order valence-corrected chi connectivity index (χ1v) is 7.78. The number of carbonyl (C=O) groups excluding carboxylic acids is 1. The van der Waals surface area contributed by atoms with Crippen molar-refractivity contribution in [2.75, 3.05) is 13.1 Å². The van der Waals surface area contributed by atoms with Gasteiger partial charge in [0.1, 0.15) is 5.60 Å². The summed E-state index contributed by atoms with van der Waals surface area (Å²) in [5.41, 5.74) is -0.710. The molecule has 1 heterocycles. The molecule has 132 valence electrons. The minimum absolute atomic E-state index is 0.203. The van der Waals surface area contributed by atoms with Gasteiger partial charge in [0.15, 0.2) is 11.6 Å². The maximum absolute atomic E-state index is 13.6. The number of carboxylic acid groups (broad SMARTS) is 1. The molecule has 0 aromatic heterocycles. The molecule has 1 N–H and O–H groups in total. The first kappa shape index (κ1) is 18.2. The van der Waals surface area contributed by atoms with Gasteiger partial charge < -0.3 is 14.7 Å². The Bertz CT molecular complexity index is 655. The second-order valence-electron chi connectivity index (χ2n) is 6.92. The van der Waals surface area contributed by atoms with E-state index in [-0.39, 0.29) is 23.6 Å². The fourth-order valence-electron chi connectivity index (χ4n) is 2.81. The smallest absolute Gasteiger partial charge is 0.410 e. The standard InChI is InChI=1S/C17H21F2NO4/c1-17(2,3)24-16(23)20-6-4-5-10(9-20)11-7-13(18)14(19)8-12(11)15(21)22/h7-8,10H,4-6,9H2,1-3H3,(H,21,22). The van der Waals surface area contributed by atoms with Crippen LogP contribution in [0.1, 0.15) is 55.5 Å². The lowest BCUT2D eigenvalue weighted by atomic mass is 9.87. The third kappa shape index (κ3) is 4.21. The van der Waals surface area contributed by atoms with E-state index < -0.39 is 29.3 Å². The van der Waals surface area contributed by atoms with Crippen molar-refractivity contribution in [2.24, 2.45) is 0 Å². The minimum Gasteiger partial charge on any atom is -0.478 e. The second-order valence-corrected chi connectivity index (χ2v) is 6.92. The number of benzene rings is 1. The summed E-state index contributed by atoms with van der Waals surface area (Å²) in [4.78, 5) is 25.0. The molecule has 1 aliphatic rings. The van der Waals surface area contributed by atoms with Crippen molar-refractivity contribution in [2.45, 2.75) is 45.1 Å². The van der Waals surface area contributed by atoms with Crippen LogP contribution in [0, 0.1) is 11.6 Å². The van der Waals surface area contributed by atoms with Gasteiger partial charge in [0.05, 0.1) is 5.56 Å². The van der Waals surface area contributed by atoms with E-state index in [0.717, 1.165) is 6.07 Å². The summed E-state index contributed by atoms with van der Waals surface area (Å²) in [7, 11) is 0. The Labute approximate surface area is 139 Å². The van der Waals surface area contributed by atoms with Gasteiger partial charge >= 0.3 is 12.1 Å². The van der Waals surface area contributed by atoms with Crippen LogP contribution in [-0.4, -0.2) is 40.8 Å². The fourth-order valence-corrected chi connectivity index (χ4v) is 2.81. The molecule has 1 aliphatic heterocycles. The zero-order valence-electron chi connectivity index (χ0n) is 13.9. The Morgan fingerprint density at radius 2 is 1.88 bits per heavy atom. The molecule has 0 bridgehead atoms. The molecule has 1 atom stereocenters. The molecule has 0 aliphatic carbocycles. The van der Waals surface area contributed by atoms with Crippen molar-refractivity contribution in [1.82, 2.24) is 4.90 Å². The van der Waals surface area contributed by atoms with Crippen molar-refractivity contribution >= 4 is 12.1 Å². The van der Waals surface area contributed by atoms with Crippen LogP contribution in [0.25, 0.3) is 0 Å². The van der Waals surface area contributed by atoms with Crippen LogP contribution in [-0.2, 0) is 4.74 Å². The summed E-state index contributed by atoms with van der Waals surface area (Å²) in [6.07, 6.45) is 0.721. The molecule has 24 heavy (non-hydrogen) atoms. The van der Waals surface area contributed by atoms with Crippen molar-refractivity contribution in [3.05, 3.63) is 34.9 Å². The molecule has 1 fully saturated rings. The summed E-state index contributed by atoms with van der Waals surface area (Å²) in [6, 6.07) is 1.61. The van der Waals surface area contributed by atoms with Gasteiger partial charge in [0.2, 0.25) is 0 Å². The van der Waals surface area contributed by atoms with Crippen molar-refractivity contribution < 1.29 is 28.2 Å². The second kappa shape index (κ2) is 6.75. The first-order chi connectivity index (χ1) is 11.1. The van der Waals surface area contributed by atoms with Gasteiger partial charge in [0, 0.05) is 19.0 Å². The number of hydrogen-bond acceptors (Lipinski definition) is 3. The summed E-state index contributed by atoms with van der Waals surface area (Å²) in [5, 5.41) is 9.25. The van der Waals surface area contributed by atoms with E-state index >= 15 is 0 Å². The molecule has 1 aromatic rings. The molecular formula is C17H21F2NO4. The average Bonchev–Trinajstić information content (AvgIpc) is 2.47. The maximum atomic E-state index is 13.6. The van der Waals surface area contributed by atoms with Crippen molar-refractivity contribution in [3.8, 4) is 0 Å². The van der Waals surface area contributed by atoms with Crippen molar-refractivity contribution in [3.63, 3.8) is 0 Å². The number of rotatable bonds is 2. The topological polar surface area (TPSA) is 66.8 Å². The zero-order valence-corrected chi connectivity index (χ0v) is 13.9. The van der Waals surface area contributed by atoms with E-state index in [1.165, 1.54) is 4.90 Å². The molecule has 0 radical (unpaired) electrons. The number of carbonyl (C=O) groups is 2. The Morgan fingerprint density at radius 1 is 1.25 bits per heavy atom. The van der Waals surface area contributed by atoms with Gasteiger partial charge in [-0.05, 0) is 51.3 Å². The van der Waals surface area contributed by atoms with Crippen LogP contribution in [0.5, 0.6) is 0 Å². The Balaban J connectivity index is 2.25. The predicted octanol–water partition coefficient (Wildman–Crippen LogP) is 3.78. The van der Waals surface area contributed by atoms with Crippen LogP contribution >= 0.6 is 0 Å². The highest BCUT2D eigenvalue weighted by atomic mass is 19.2. The minimum atomic E-state index is -1.32. The van der Waals surface area contributed by atoms with Gasteiger partial charge in [-0.2, -0.15) is 0 Å². The largest absolute Gasteiger partial charge is 0.478 e. The van der Waals surface area contributed by atoms with E-state index in [4.69, 9.17) is 4.74 Å². The predicted molar refractivity (Wildman–Crippen MR) is 83.1 cm³/mol. The van der Waals surface area contributed by atoms with Gasteiger partial charge in [-0.15, -0.1) is 0 Å². The Morgan fingerprint density at radius 3 is 2.46 bits per heavy atom. The van der Waals surface area contributed by atoms with Crippen LogP contribution < -0.4 is 0 Å². The maximum Gasteiger partial charge on any atom is 0.410 e. The van der Waals surface area contributed by atoms with E-state index in [1.54, 1.807) is 20.8 Å². The zero-order chi connectivity index (χ0) is 18.1. The molecule has 0 saturated carbocycles. The molecule has 1 amide bonds. The number of likely N-dealkylation sites (tertiary alicyclic amines) is 1. The van der Waals surface area contributed by atoms with Gasteiger partial charge in [-0.1, -0.05) is 0 Å². The third-order valence-corrected chi connectivity index (χ3v) is 3.84. The van der Waals surface area contributed by atoms with Crippen LogP contribution in [0.2, 0.25) is 0 Å². The Hall–Kier alpha value is -2.18. The highest BCUT2D eigenvalue weighted by Gasteiger charge is 2.31. The normalized spacial score (nSPS) is 18.4. The molecular weight excluding hydrogens is 320 g/mol. The van der Waals surface area contributed by atoms with Gasteiger partial charge in [-0.25, -0.2) is 18.4 Å². The quantitative estimate of drug-likeness (QED) is 0.889. The Kier molecular flexibility index (Phi) is 5.11. The fraction of sp³-hybridized carbons (Fsp3) is 0.529. The summed E-state index contributed by atoms with van der Waals surface area (Å²) >= 11 is 0.